The summed E-state index contributed by atoms with van der Waals surface area (Å²) < 4.78 is 0. The molecule has 0 bridgehead atoms. The van der Waals surface area contributed by atoms with Crippen LogP contribution >= 0.6 is 11.6 Å². The summed E-state index contributed by atoms with van der Waals surface area (Å²) in [4.78, 5) is 31.0. The van der Waals surface area contributed by atoms with Crippen LogP contribution < -0.4 is 5.32 Å². The molecule has 6 nitrogen and oxygen atoms in total. The zero-order valence-corrected chi connectivity index (χ0v) is 15.2. The first-order valence-corrected chi connectivity index (χ1v) is 8.96. The van der Waals surface area contributed by atoms with E-state index in [1.807, 2.05) is 30.3 Å². The molecule has 136 valence electrons. The molecule has 0 radical (unpaired) electrons. The Morgan fingerprint density at radius 3 is 2.73 bits per heavy atom. The van der Waals surface area contributed by atoms with Crippen LogP contribution in [0.4, 0.5) is 5.69 Å². The number of rotatable bonds is 6. The molecule has 0 unspecified atom stereocenters. The lowest BCUT2D eigenvalue weighted by Gasteiger charge is -2.32. The normalized spacial score (nSPS) is 14.2. The van der Waals surface area contributed by atoms with Crippen molar-refractivity contribution in [2.75, 3.05) is 38.0 Å². The van der Waals surface area contributed by atoms with Crippen LogP contribution in [-0.2, 0) is 11.2 Å². The molecule has 1 aromatic heterocycles. The molecule has 1 fully saturated rings. The smallest absolute Gasteiger partial charge is 0.272 e. The van der Waals surface area contributed by atoms with Crippen LogP contribution in [0.25, 0.3) is 0 Å². The summed E-state index contributed by atoms with van der Waals surface area (Å²) in [5.41, 5.74) is 2.43. The van der Waals surface area contributed by atoms with E-state index in [2.05, 4.69) is 10.3 Å². The van der Waals surface area contributed by atoms with Crippen LogP contribution in [0.5, 0.6) is 0 Å². The van der Waals surface area contributed by atoms with E-state index in [9.17, 15) is 9.59 Å². The van der Waals surface area contributed by atoms with Crippen molar-refractivity contribution < 1.29 is 9.59 Å². The molecule has 2 amide bonds. The van der Waals surface area contributed by atoms with Crippen molar-refractivity contribution in [1.82, 2.24) is 14.8 Å². The van der Waals surface area contributed by atoms with Crippen molar-refractivity contribution in [2.45, 2.75) is 6.42 Å². The molecule has 1 N–H and O–H groups in total. The third-order valence-corrected chi connectivity index (χ3v) is 4.60. The Labute approximate surface area is 157 Å². The van der Waals surface area contributed by atoms with Crippen LogP contribution in [-0.4, -0.2) is 59.8 Å². The summed E-state index contributed by atoms with van der Waals surface area (Å²) in [6.07, 6.45) is 3.29. The molecule has 2 heterocycles. The van der Waals surface area contributed by atoms with Crippen LogP contribution in [0, 0.1) is 0 Å². The summed E-state index contributed by atoms with van der Waals surface area (Å²) in [6, 6.07) is 11.4. The van der Waals surface area contributed by atoms with Gasteiger partial charge in [-0.15, -0.1) is 0 Å². The van der Waals surface area contributed by atoms with Gasteiger partial charge in [-0.1, -0.05) is 23.7 Å². The maximum absolute atomic E-state index is 12.6. The Morgan fingerprint density at radius 1 is 1.19 bits per heavy atom. The highest BCUT2D eigenvalue weighted by atomic mass is 35.5. The Morgan fingerprint density at radius 2 is 2.00 bits per heavy atom. The number of carbonyl (C=O) groups excluding carboxylic acids is 2. The van der Waals surface area contributed by atoms with Gasteiger partial charge in [-0.2, -0.15) is 0 Å². The lowest BCUT2D eigenvalue weighted by atomic mass is 10.1. The number of anilines is 1. The predicted molar refractivity (Wildman–Crippen MR) is 101 cm³/mol. The van der Waals surface area contributed by atoms with Crippen molar-refractivity contribution in [3.63, 3.8) is 0 Å². The van der Waals surface area contributed by atoms with Gasteiger partial charge in [0.25, 0.3) is 5.91 Å². The Bertz CT molecular complexity index is 776. The maximum Gasteiger partial charge on any atom is 0.272 e. The summed E-state index contributed by atoms with van der Waals surface area (Å²) in [5, 5.41) is 4.05. The van der Waals surface area contributed by atoms with Crippen LogP contribution in [0.3, 0.4) is 0 Å². The first kappa shape index (κ1) is 18.2. The van der Waals surface area contributed by atoms with Gasteiger partial charge in [-0.3, -0.25) is 14.6 Å². The number of aromatic nitrogens is 1. The van der Waals surface area contributed by atoms with Crippen molar-refractivity contribution >= 4 is 29.6 Å². The van der Waals surface area contributed by atoms with Crippen LogP contribution in [0.1, 0.15) is 16.1 Å². The minimum atomic E-state index is -0.103. The Kier molecular flexibility index (Phi) is 6.07. The quantitative estimate of drug-likeness (QED) is 0.790. The average Bonchev–Trinajstić information content (AvgIpc) is 2.68. The van der Waals surface area contributed by atoms with Crippen molar-refractivity contribution in [1.29, 1.82) is 0 Å². The topological polar surface area (TPSA) is 65.5 Å². The van der Waals surface area contributed by atoms with E-state index in [4.69, 9.17) is 11.6 Å². The lowest BCUT2D eigenvalue weighted by Crippen LogP contribution is -2.48. The zero-order chi connectivity index (χ0) is 18.4. The third kappa shape index (κ3) is 4.73. The summed E-state index contributed by atoms with van der Waals surface area (Å²) in [5.74, 6) is -0.103. The van der Waals surface area contributed by atoms with Gasteiger partial charge in [-0.25, -0.2) is 0 Å². The van der Waals surface area contributed by atoms with Gasteiger partial charge in [0.2, 0.25) is 6.41 Å². The average molecular weight is 373 g/mol. The summed E-state index contributed by atoms with van der Waals surface area (Å²) in [6.45, 7) is 2.92. The van der Waals surface area contributed by atoms with Gasteiger partial charge < -0.3 is 15.1 Å². The third-order valence-electron chi connectivity index (χ3n) is 4.36. The second kappa shape index (κ2) is 8.67. The fraction of sp³-hybridized carbons (Fsp3) is 0.316. The second-order valence-corrected chi connectivity index (χ2v) is 6.61. The highest BCUT2D eigenvalue weighted by Crippen LogP contribution is 2.14. The zero-order valence-electron chi connectivity index (χ0n) is 14.4. The minimum absolute atomic E-state index is 0.103. The molecule has 0 spiro atoms. The van der Waals surface area contributed by atoms with Crippen molar-refractivity contribution in [3.05, 3.63) is 58.9 Å². The molecule has 1 aliphatic heterocycles. The van der Waals surface area contributed by atoms with E-state index < -0.39 is 0 Å². The number of halogens is 1. The number of pyridine rings is 1. The highest BCUT2D eigenvalue weighted by molar-refractivity contribution is 6.30. The first-order chi connectivity index (χ1) is 12.7. The Hall–Kier alpha value is -2.60. The summed E-state index contributed by atoms with van der Waals surface area (Å²) >= 11 is 6.00. The van der Waals surface area contributed by atoms with Gasteiger partial charge in [-0.05, 0) is 36.2 Å². The molecule has 3 rings (SSSR count). The largest absolute Gasteiger partial charge is 0.385 e. The van der Waals surface area contributed by atoms with Gasteiger partial charge in [0, 0.05) is 49.6 Å². The second-order valence-electron chi connectivity index (χ2n) is 6.17. The standard InChI is InChI=1S/C19H21ClN4O2/c20-16-3-1-2-15(12-16)4-6-21-17-5-7-22-18(13-17)19(26)24-10-8-23(14-25)9-11-24/h1-3,5,7,12-14H,4,6,8-11H2,(H,21,22). The number of benzene rings is 1. The molecule has 0 atom stereocenters. The number of nitrogens with zero attached hydrogens (tertiary/aromatic N) is 3. The molecule has 7 heteroatoms. The fourth-order valence-electron chi connectivity index (χ4n) is 2.89. The van der Waals surface area contributed by atoms with Crippen molar-refractivity contribution in [3.8, 4) is 0 Å². The fourth-order valence-corrected chi connectivity index (χ4v) is 3.11. The van der Waals surface area contributed by atoms with E-state index in [-0.39, 0.29) is 5.91 Å². The molecule has 0 aliphatic carbocycles. The monoisotopic (exact) mass is 372 g/mol. The lowest BCUT2D eigenvalue weighted by molar-refractivity contribution is -0.119. The van der Waals surface area contributed by atoms with Crippen molar-refractivity contribution in [2.24, 2.45) is 0 Å². The number of nitrogens with one attached hydrogen (secondary N) is 1. The molecule has 1 aromatic carbocycles. The molecular weight excluding hydrogens is 352 g/mol. The maximum atomic E-state index is 12.6. The highest BCUT2D eigenvalue weighted by Gasteiger charge is 2.22. The number of hydrogen-bond acceptors (Lipinski definition) is 4. The molecule has 0 saturated carbocycles. The number of amides is 2. The van der Waals surface area contributed by atoms with Crippen LogP contribution in [0.2, 0.25) is 5.02 Å². The van der Waals surface area contributed by atoms with E-state index in [1.165, 1.54) is 0 Å². The molecule has 1 saturated heterocycles. The predicted octanol–water partition coefficient (Wildman–Crippen LogP) is 2.30. The van der Waals surface area contributed by atoms with E-state index in [0.29, 0.717) is 31.9 Å². The van der Waals surface area contributed by atoms with E-state index >= 15 is 0 Å². The van der Waals surface area contributed by atoms with Gasteiger partial charge in [0.1, 0.15) is 5.69 Å². The van der Waals surface area contributed by atoms with Gasteiger partial charge in [0.15, 0.2) is 0 Å². The number of hydrogen-bond donors (Lipinski definition) is 1. The minimum Gasteiger partial charge on any atom is -0.385 e. The SMILES string of the molecule is O=CN1CCN(C(=O)c2cc(NCCc3cccc(Cl)c3)ccn2)CC1. The van der Waals surface area contributed by atoms with Gasteiger partial charge in [0.05, 0.1) is 0 Å². The van der Waals surface area contributed by atoms with Crippen LogP contribution in [0.15, 0.2) is 42.6 Å². The summed E-state index contributed by atoms with van der Waals surface area (Å²) in [7, 11) is 0. The van der Waals surface area contributed by atoms with E-state index in [0.717, 1.165) is 35.6 Å². The van der Waals surface area contributed by atoms with Gasteiger partial charge >= 0.3 is 0 Å². The Balaban J connectivity index is 1.56. The molecule has 2 aromatic rings. The molecule has 26 heavy (non-hydrogen) atoms. The first-order valence-electron chi connectivity index (χ1n) is 8.59. The number of carbonyl (C=O) groups is 2. The number of piperazine rings is 1. The molecular formula is C19H21ClN4O2. The molecule has 1 aliphatic rings. The van der Waals surface area contributed by atoms with E-state index in [1.54, 1.807) is 22.1 Å².